The van der Waals surface area contributed by atoms with Crippen LogP contribution in [0, 0.1) is 11.8 Å². The molecule has 134 valence electrons. The number of hydrogen-bond acceptors (Lipinski definition) is 4. The average molecular weight is 332 g/mol. The van der Waals surface area contributed by atoms with Crippen molar-refractivity contribution in [3.05, 3.63) is 35.4 Å². The van der Waals surface area contributed by atoms with E-state index in [9.17, 15) is 5.11 Å². The highest BCUT2D eigenvalue weighted by Gasteiger charge is 2.33. The maximum absolute atomic E-state index is 9.80. The molecule has 0 spiro atoms. The summed E-state index contributed by atoms with van der Waals surface area (Å²) in [5.74, 6) is 1.04. The van der Waals surface area contributed by atoms with Crippen LogP contribution in [-0.2, 0) is 13.0 Å². The SMILES string of the molecule is NCCc1cccc(CN2C[C@@H](CN3CCCCC3)[C@@H](CO)C2)c1. The van der Waals surface area contributed by atoms with Gasteiger partial charge in [0.1, 0.15) is 0 Å². The van der Waals surface area contributed by atoms with Gasteiger partial charge in [-0.2, -0.15) is 0 Å². The molecule has 4 heteroatoms. The zero-order chi connectivity index (χ0) is 16.8. The van der Waals surface area contributed by atoms with E-state index in [2.05, 4.69) is 34.1 Å². The molecule has 2 heterocycles. The van der Waals surface area contributed by atoms with E-state index in [-0.39, 0.29) is 0 Å². The van der Waals surface area contributed by atoms with E-state index in [1.807, 2.05) is 0 Å². The molecule has 0 aromatic heterocycles. The van der Waals surface area contributed by atoms with Crippen LogP contribution in [0.25, 0.3) is 0 Å². The summed E-state index contributed by atoms with van der Waals surface area (Å²) in [6, 6.07) is 8.81. The van der Waals surface area contributed by atoms with E-state index in [4.69, 9.17) is 5.73 Å². The molecule has 0 saturated carbocycles. The van der Waals surface area contributed by atoms with E-state index in [1.165, 1.54) is 43.5 Å². The molecule has 3 N–H and O–H groups in total. The zero-order valence-electron chi connectivity index (χ0n) is 14.9. The molecule has 3 rings (SSSR count). The fourth-order valence-electron chi connectivity index (χ4n) is 4.36. The molecule has 0 amide bonds. The van der Waals surface area contributed by atoms with Crippen molar-refractivity contribution in [2.45, 2.75) is 32.2 Å². The second-order valence-corrected chi connectivity index (χ2v) is 7.62. The van der Waals surface area contributed by atoms with E-state index >= 15 is 0 Å². The molecule has 2 fully saturated rings. The first-order chi connectivity index (χ1) is 11.8. The second-order valence-electron chi connectivity index (χ2n) is 7.62. The normalized spacial score (nSPS) is 26.1. The second kappa shape index (κ2) is 8.95. The van der Waals surface area contributed by atoms with Crippen LogP contribution >= 0.6 is 0 Å². The third kappa shape index (κ3) is 4.79. The van der Waals surface area contributed by atoms with Gasteiger partial charge in [0.25, 0.3) is 0 Å². The average Bonchev–Trinajstić information content (AvgIpc) is 2.98. The Balaban J connectivity index is 1.56. The van der Waals surface area contributed by atoms with Gasteiger partial charge in [0.15, 0.2) is 0 Å². The Hall–Kier alpha value is -0.940. The standard InChI is InChI=1S/C20H33N3O/c21-8-7-17-5-4-6-18(11-17)12-23-14-19(20(15-23)16-24)13-22-9-2-1-3-10-22/h4-6,11,19-20,24H,1-3,7-10,12-16,21H2/t19-,20-/m1/s1. The van der Waals surface area contributed by atoms with E-state index in [0.29, 0.717) is 25.0 Å². The maximum atomic E-state index is 9.80. The molecule has 2 aliphatic rings. The number of nitrogens with two attached hydrogens (primary N) is 1. The molecule has 4 nitrogen and oxygen atoms in total. The molecule has 2 atom stereocenters. The number of piperidine rings is 1. The van der Waals surface area contributed by atoms with Gasteiger partial charge in [0, 0.05) is 32.8 Å². The summed E-state index contributed by atoms with van der Waals surface area (Å²) in [6.07, 6.45) is 5.02. The highest BCUT2D eigenvalue weighted by Crippen LogP contribution is 2.26. The Morgan fingerprint density at radius 3 is 2.50 bits per heavy atom. The van der Waals surface area contributed by atoms with Gasteiger partial charge in [-0.25, -0.2) is 0 Å². The Kier molecular flexibility index (Phi) is 6.67. The fraction of sp³-hybridized carbons (Fsp3) is 0.700. The summed E-state index contributed by atoms with van der Waals surface area (Å²) in [4.78, 5) is 5.14. The molecule has 0 unspecified atom stereocenters. The van der Waals surface area contributed by atoms with Crippen LogP contribution in [0.2, 0.25) is 0 Å². The van der Waals surface area contributed by atoms with Crippen molar-refractivity contribution < 1.29 is 5.11 Å². The Morgan fingerprint density at radius 1 is 1.00 bits per heavy atom. The van der Waals surface area contributed by atoms with Crippen molar-refractivity contribution >= 4 is 0 Å². The monoisotopic (exact) mass is 331 g/mol. The molecule has 0 aliphatic carbocycles. The van der Waals surface area contributed by atoms with Crippen molar-refractivity contribution in [3.63, 3.8) is 0 Å². The summed E-state index contributed by atoms with van der Waals surface area (Å²) < 4.78 is 0. The highest BCUT2D eigenvalue weighted by atomic mass is 16.3. The van der Waals surface area contributed by atoms with Crippen molar-refractivity contribution in [2.75, 3.05) is 45.9 Å². The third-order valence-electron chi connectivity index (χ3n) is 5.66. The van der Waals surface area contributed by atoms with Crippen LogP contribution < -0.4 is 5.73 Å². The molecule has 2 aliphatic heterocycles. The van der Waals surface area contributed by atoms with Gasteiger partial charge >= 0.3 is 0 Å². The number of hydrogen-bond donors (Lipinski definition) is 2. The van der Waals surface area contributed by atoms with Crippen molar-refractivity contribution in [1.29, 1.82) is 0 Å². The minimum absolute atomic E-state index is 0.322. The number of likely N-dealkylation sites (tertiary alicyclic amines) is 2. The first-order valence-corrected chi connectivity index (χ1v) is 9.62. The quantitative estimate of drug-likeness (QED) is 0.799. The fourth-order valence-corrected chi connectivity index (χ4v) is 4.36. The Bertz CT molecular complexity index is 501. The summed E-state index contributed by atoms with van der Waals surface area (Å²) in [7, 11) is 0. The van der Waals surface area contributed by atoms with Gasteiger partial charge in [-0.1, -0.05) is 30.7 Å². The van der Waals surface area contributed by atoms with Crippen LogP contribution in [-0.4, -0.2) is 60.8 Å². The summed E-state index contributed by atoms with van der Waals surface area (Å²) in [6.45, 7) is 7.81. The van der Waals surface area contributed by atoms with E-state index in [0.717, 1.165) is 32.6 Å². The first-order valence-electron chi connectivity index (χ1n) is 9.62. The first kappa shape index (κ1) is 17.9. The molecule has 1 aromatic carbocycles. The van der Waals surface area contributed by atoms with Gasteiger partial charge in [0.05, 0.1) is 0 Å². The van der Waals surface area contributed by atoms with Crippen LogP contribution in [0.5, 0.6) is 0 Å². The third-order valence-corrected chi connectivity index (χ3v) is 5.66. The summed E-state index contributed by atoms with van der Waals surface area (Å²) in [5, 5.41) is 9.80. The molecule has 0 bridgehead atoms. The molecular weight excluding hydrogens is 298 g/mol. The van der Waals surface area contributed by atoms with Gasteiger partial charge < -0.3 is 15.7 Å². The van der Waals surface area contributed by atoms with Gasteiger partial charge in [-0.3, -0.25) is 4.90 Å². The maximum Gasteiger partial charge on any atom is 0.0475 e. The van der Waals surface area contributed by atoms with Crippen molar-refractivity contribution in [3.8, 4) is 0 Å². The van der Waals surface area contributed by atoms with Crippen LogP contribution in [0.4, 0.5) is 0 Å². The molecule has 2 saturated heterocycles. The predicted octanol–water partition coefficient (Wildman–Crippen LogP) is 1.71. The number of rotatable bonds is 7. The molecular formula is C20H33N3O. The number of nitrogens with zero attached hydrogens (tertiary/aromatic N) is 2. The lowest BCUT2D eigenvalue weighted by molar-refractivity contribution is 0.149. The van der Waals surface area contributed by atoms with E-state index in [1.54, 1.807) is 0 Å². The highest BCUT2D eigenvalue weighted by molar-refractivity contribution is 5.23. The minimum atomic E-state index is 0.322. The number of benzene rings is 1. The summed E-state index contributed by atoms with van der Waals surface area (Å²) in [5.41, 5.74) is 8.38. The van der Waals surface area contributed by atoms with Crippen LogP contribution in [0.3, 0.4) is 0 Å². The van der Waals surface area contributed by atoms with E-state index < -0.39 is 0 Å². The van der Waals surface area contributed by atoms with Crippen molar-refractivity contribution in [2.24, 2.45) is 17.6 Å². The largest absolute Gasteiger partial charge is 0.396 e. The van der Waals surface area contributed by atoms with Gasteiger partial charge in [-0.15, -0.1) is 0 Å². The lowest BCUT2D eigenvalue weighted by Gasteiger charge is -2.30. The summed E-state index contributed by atoms with van der Waals surface area (Å²) >= 11 is 0. The van der Waals surface area contributed by atoms with Gasteiger partial charge in [-0.05, 0) is 61.9 Å². The van der Waals surface area contributed by atoms with Crippen molar-refractivity contribution in [1.82, 2.24) is 9.80 Å². The smallest absolute Gasteiger partial charge is 0.0475 e. The number of aliphatic hydroxyl groups is 1. The lowest BCUT2D eigenvalue weighted by Crippen LogP contribution is -2.37. The number of aliphatic hydroxyl groups excluding tert-OH is 1. The Morgan fingerprint density at radius 2 is 1.75 bits per heavy atom. The van der Waals surface area contributed by atoms with Crippen LogP contribution in [0.1, 0.15) is 30.4 Å². The van der Waals surface area contributed by atoms with Gasteiger partial charge in [0.2, 0.25) is 0 Å². The molecule has 1 aromatic rings. The topological polar surface area (TPSA) is 52.7 Å². The Labute approximate surface area is 146 Å². The molecule has 0 radical (unpaired) electrons. The predicted molar refractivity (Wildman–Crippen MR) is 98.8 cm³/mol. The van der Waals surface area contributed by atoms with Crippen LogP contribution in [0.15, 0.2) is 24.3 Å². The molecule has 24 heavy (non-hydrogen) atoms. The lowest BCUT2D eigenvalue weighted by atomic mass is 9.95. The minimum Gasteiger partial charge on any atom is -0.396 e. The zero-order valence-corrected chi connectivity index (χ0v) is 14.9.